The summed E-state index contributed by atoms with van der Waals surface area (Å²) in [6, 6.07) is 15.0. The van der Waals surface area contributed by atoms with Crippen molar-refractivity contribution in [2.45, 2.75) is 62.8 Å². The second-order valence-corrected chi connectivity index (χ2v) is 12.9. The Morgan fingerprint density at radius 2 is 1.41 bits per heavy atom. The minimum absolute atomic E-state index is 0.180. The third-order valence-corrected chi connectivity index (χ3v) is 9.48. The Hall–Kier alpha value is -4.78. The fourth-order valence-corrected chi connectivity index (χ4v) is 6.78. The first-order valence-corrected chi connectivity index (χ1v) is 16.2. The maximum atomic E-state index is 13.1. The van der Waals surface area contributed by atoms with Gasteiger partial charge in [-0.25, -0.2) is 18.4 Å². The van der Waals surface area contributed by atoms with Crippen molar-refractivity contribution in [2.75, 3.05) is 16.0 Å². The Bertz CT molecular complexity index is 1790. The molecule has 46 heavy (non-hydrogen) atoms. The van der Waals surface area contributed by atoms with Gasteiger partial charge in [0.2, 0.25) is 5.95 Å². The van der Waals surface area contributed by atoms with Crippen LogP contribution in [0.4, 0.5) is 36.2 Å². The first-order valence-electron chi connectivity index (χ1n) is 14.7. The number of benzene rings is 3. The molecule has 242 valence electrons. The van der Waals surface area contributed by atoms with Crippen molar-refractivity contribution >= 4 is 44.7 Å². The molecule has 0 aliphatic carbocycles. The van der Waals surface area contributed by atoms with E-state index in [4.69, 9.17) is 0 Å². The summed E-state index contributed by atoms with van der Waals surface area (Å²) in [6.07, 6.45) is 0.977. The molecule has 4 aromatic rings. The molecule has 0 saturated heterocycles. The largest absolute Gasteiger partial charge is 0.416 e. The number of aromatic nitrogens is 2. The number of hydrogen-bond donors (Lipinski definition) is 3. The van der Waals surface area contributed by atoms with Crippen LogP contribution in [0.1, 0.15) is 71.4 Å². The summed E-state index contributed by atoms with van der Waals surface area (Å²) in [5, 5.41) is 7.80. The van der Waals surface area contributed by atoms with E-state index in [0.717, 1.165) is 31.0 Å². The highest BCUT2D eigenvalue weighted by Crippen LogP contribution is 2.30. The number of carbonyl (C=O) groups excluding carboxylic acids is 2. The molecule has 3 N–H and O–H groups in total. The number of carbonyl (C=O) groups is 2. The van der Waals surface area contributed by atoms with Crippen molar-refractivity contribution in [2.24, 2.45) is 0 Å². The van der Waals surface area contributed by atoms with E-state index in [1.807, 2.05) is 13.8 Å². The number of aryl methyl sites for hydroxylation is 1. The standard InChI is InChI=1S/C33H34F3N5O4S/c1-4-7-27(8-5-2)46(44,45)28-15-13-24(14-16-28)41-32-37-19-26(20-38-32)40-31(43)29-18-25(12-11-21(29)3)39-30(42)22-9-6-10-23(17-22)33(34,35)36/h6,9-20,27H,4-5,7-8H2,1-3H3,(H,39,42)(H,40,43)(H,37,38,41). The number of nitrogens with one attached hydrogen (secondary N) is 3. The second-order valence-electron chi connectivity index (χ2n) is 10.7. The van der Waals surface area contributed by atoms with Crippen LogP contribution in [-0.4, -0.2) is 35.5 Å². The van der Waals surface area contributed by atoms with Gasteiger partial charge < -0.3 is 16.0 Å². The molecule has 13 heteroatoms. The smallest absolute Gasteiger partial charge is 0.324 e. The predicted molar refractivity (Wildman–Crippen MR) is 171 cm³/mol. The highest BCUT2D eigenvalue weighted by atomic mass is 32.2. The first-order chi connectivity index (χ1) is 21.8. The number of sulfone groups is 1. The van der Waals surface area contributed by atoms with Crippen molar-refractivity contribution in [1.29, 1.82) is 0 Å². The van der Waals surface area contributed by atoms with Crippen LogP contribution in [0.5, 0.6) is 0 Å². The van der Waals surface area contributed by atoms with Gasteiger partial charge in [0.25, 0.3) is 11.8 Å². The quantitative estimate of drug-likeness (QED) is 0.142. The van der Waals surface area contributed by atoms with Crippen LogP contribution in [0.25, 0.3) is 0 Å². The van der Waals surface area contributed by atoms with E-state index in [0.29, 0.717) is 24.1 Å². The Balaban J connectivity index is 1.40. The van der Waals surface area contributed by atoms with Gasteiger partial charge in [0, 0.05) is 22.5 Å². The topological polar surface area (TPSA) is 130 Å². The molecule has 0 radical (unpaired) electrons. The number of amides is 2. The van der Waals surface area contributed by atoms with Crippen LogP contribution in [0.2, 0.25) is 0 Å². The number of anilines is 4. The molecule has 1 heterocycles. The molecule has 0 atom stereocenters. The maximum absolute atomic E-state index is 13.1. The lowest BCUT2D eigenvalue weighted by Gasteiger charge is -2.16. The zero-order valence-corrected chi connectivity index (χ0v) is 26.3. The second kappa shape index (κ2) is 14.5. The van der Waals surface area contributed by atoms with Gasteiger partial charge in [-0.1, -0.05) is 38.8 Å². The lowest BCUT2D eigenvalue weighted by atomic mass is 10.1. The van der Waals surface area contributed by atoms with Gasteiger partial charge in [-0.15, -0.1) is 0 Å². The van der Waals surface area contributed by atoms with Gasteiger partial charge in [0.15, 0.2) is 9.84 Å². The molecule has 0 unspecified atom stereocenters. The normalized spacial score (nSPS) is 11.7. The van der Waals surface area contributed by atoms with Crippen molar-refractivity contribution in [1.82, 2.24) is 9.97 Å². The van der Waals surface area contributed by atoms with Gasteiger partial charge >= 0.3 is 6.18 Å². The van der Waals surface area contributed by atoms with E-state index in [1.54, 1.807) is 37.3 Å². The fraction of sp³-hybridized carbons (Fsp3) is 0.273. The van der Waals surface area contributed by atoms with E-state index in [2.05, 4.69) is 25.9 Å². The van der Waals surface area contributed by atoms with Crippen LogP contribution in [-0.2, 0) is 16.0 Å². The zero-order chi connectivity index (χ0) is 33.5. The molecule has 4 rings (SSSR count). The van der Waals surface area contributed by atoms with Crippen LogP contribution in [0, 0.1) is 6.92 Å². The fourth-order valence-electron chi connectivity index (χ4n) is 4.79. The molecular weight excluding hydrogens is 619 g/mol. The number of hydrogen-bond acceptors (Lipinski definition) is 7. The minimum Gasteiger partial charge on any atom is -0.324 e. The monoisotopic (exact) mass is 653 g/mol. The molecule has 0 spiro atoms. The lowest BCUT2D eigenvalue weighted by Crippen LogP contribution is -2.21. The van der Waals surface area contributed by atoms with E-state index in [9.17, 15) is 31.2 Å². The Labute approximate surface area is 265 Å². The minimum atomic E-state index is -4.59. The van der Waals surface area contributed by atoms with Gasteiger partial charge in [-0.2, -0.15) is 13.2 Å². The molecule has 2 amide bonds. The number of rotatable bonds is 12. The Morgan fingerprint density at radius 1 is 0.804 bits per heavy atom. The van der Waals surface area contributed by atoms with E-state index < -0.39 is 38.6 Å². The van der Waals surface area contributed by atoms with E-state index in [1.165, 1.54) is 30.6 Å². The summed E-state index contributed by atoms with van der Waals surface area (Å²) < 4.78 is 65.3. The molecular formula is C33H34F3N5O4S. The number of nitrogens with zero attached hydrogens (tertiary/aromatic N) is 2. The summed E-state index contributed by atoms with van der Waals surface area (Å²) in [5.74, 6) is -1.05. The third-order valence-electron chi connectivity index (χ3n) is 7.20. The average molecular weight is 654 g/mol. The van der Waals surface area contributed by atoms with Gasteiger partial charge in [-0.3, -0.25) is 9.59 Å². The molecule has 0 fully saturated rings. The molecule has 1 aromatic heterocycles. The lowest BCUT2D eigenvalue weighted by molar-refractivity contribution is -0.137. The molecule has 0 aliphatic rings. The highest BCUT2D eigenvalue weighted by Gasteiger charge is 2.31. The summed E-state index contributed by atoms with van der Waals surface area (Å²) in [4.78, 5) is 34.4. The van der Waals surface area contributed by atoms with Gasteiger partial charge in [0.1, 0.15) is 0 Å². The molecule has 3 aromatic carbocycles. The van der Waals surface area contributed by atoms with Gasteiger partial charge in [0.05, 0.1) is 33.8 Å². The van der Waals surface area contributed by atoms with E-state index in [-0.39, 0.29) is 33.3 Å². The average Bonchev–Trinajstić information content (AvgIpc) is 3.02. The molecule has 0 saturated carbocycles. The van der Waals surface area contributed by atoms with Gasteiger partial charge in [-0.05, 0) is 79.9 Å². The van der Waals surface area contributed by atoms with Crippen LogP contribution >= 0.6 is 0 Å². The van der Waals surface area contributed by atoms with Crippen LogP contribution in [0.15, 0.2) is 84.0 Å². The van der Waals surface area contributed by atoms with Crippen molar-refractivity contribution in [3.63, 3.8) is 0 Å². The number of alkyl halides is 3. The van der Waals surface area contributed by atoms with Crippen molar-refractivity contribution in [3.8, 4) is 0 Å². The Morgan fingerprint density at radius 3 is 2.02 bits per heavy atom. The summed E-state index contributed by atoms with van der Waals surface area (Å²) >= 11 is 0. The first kappa shape index (κ1) is 34.1. The van der Waals surface area contributed by atoms with Crippen molar-refractivity contribution < 1.29 is 31.2 Å². The molecule has 0 bridgehead atoms. The maximum Gasteiger partial charge on any atom is 0.416 e. The van der Waals surface area contributed by atoms with Crippen molar-refractivity contribution in [3.05, 3.63) is 101 Å². The SMILES string of the molecule is CCCC(CCC)S(=O)(=O)c1ccc(Nc2ncc(NC(=O)c3cc(NC(=O)c4cccc(C(F)(F)F)c4)ccc3C)cn2)cc1. The van der Waals surface area contributed by atoms with Crippen LogP contribution < -0.4 is 16.0 Å². The summed E-state index contributed by atoms with van der Waals surface area (Å²) in [6.45, 7) is 5.64. The van der Waals surface area contributed by atoms with Crippen LogP contribution in [0.3, 0.4) is 0 Å². The summed E-state index contributed by atoms with van der Waals surface area (Å²) in [7, 11) is -3.44. The Kier molecular flexibility index (Phi) is 10.8. The predicted octanol–water partition coefficient (Wildman–Crippen LogP) is 7.79. The highest BCUT2D eigenvalue weighted by molar-refractivity contribution is 7.92. The zero-order valence-electron chi connectivity index (χ0n) is 25.5. The third kappa shape index (κ3) is 8.47. The van der Waals surface area contributed by atoms with E-state index >= 15 is 0 Å². The number of halogens is 3. The molecule has 9 nitrogen and oxygen atoms in total. The summed E-state index contributed by atoms with van der Waals surface area (Å²) in [5.41, 5.74) is 0.777. The molecule has 0 aliphatic heterocycles.